The van der Waals surface area contributed by atoms with Crippen LogP contribution in [0.25, 0.3) is 55.3 Å². The van der Waals surface area contributed by atoms with E-state index >= 15 is 0 Å². The summed E-state index contributed by atoms with van der Waals surface area (Å²) >= 11 is 0. The monoisotopic (exact) mass is 422 g/mol. The van der Waals surface area contributed by atoms with Crippen LogP contribution >= 0.6 is 0 Å². The van der Waals surface area contributed by atoms with E-state index in [4.69, 9.17) is 4.42 Å². The van der Waals surface area contributed by atoms with E-state index in [0.717, 1.165) is 49.8 Å². The lowest BCUT2D eigenvalue weighted by atomic mass is 9.98. The molecular weight excluding hydrogens is 404 g/mol. The third-order valence-electron chi connectivity index (χ3n) is 5.98. The summed E-state index contributed by atoms with van der Waals surface area (Å²) in [6.07, 6.45) is 3.36. The van der Waals surface area contributed by atoms with Crippen molar-refractivity contribution in [2.45, 2.75) is 0 Å². The standard InChI is InChI=1S/C30H18N2O/c31-17-20-13-26(19-32-18-20)23-8-4-7-22(14-23)25-10-12-28-27-11-9-24(21-5-2-1-3-6-21)15-29(27)33-30(28)16-25/h1-16,18-19H. The molecule has 6 rings (SSSR count). The Morgan fingerprint density at radius 2 is 1.15 bits per heavy atom. The van der Waals surface area contributed by atoms with Crippen molar-refractivity contribution in [3.8, 4) is 39.4 Å². The van der Waals surface area contributed by atoms with E-state index in [-0.39, 0.29) is 0 Å². The minimum Gasteiger partial charge on any atom is -0.456 e. The molecule has 0 spiro atoms. The van der Waals surface area contributed by atoms with Crippen LogP contribution in [-0.2, 0) is 0 Å². The Morgan fingerprint density at radius 3 is 1.85 bits per heavy atom. The Labute approximate surface area is 191 Å². The molecule has 0 amide bonds. The second-order valence-corrected chi connectivity index (χ2v) is 8.04. The second-order valence-electron chi connectivity index (χ2n) is 8.04. The second kappa shape index (κ2) is 7.78. The summed E-state index contributed by atoms with van der Waals surface area (Å²) in [6.45, 7) is 0. The van der Waals surface area contributed by atoms with Crippen LogP contribution in [0.1, 0.15) is 5.56 Å². The van der Waals surface area contributed by atoms with Gasteiger partial charge < -0.3 is 4.42 Å². The van der Waals surface area contributed by atoms with Gasteiger partial charge in [-0.05, 0) is 64.2 Å². The molecule has 0 bridgehead atoms. The molecule has 0 fully saturated rings. The molecule has 0 saturated carbocycles. The molecule has 6 aromatic rings. The van der Waals surface area contributed by atoms with E-state index in [2.05, 4.69) is 71.7 Å². The first-order valence-electron chi connectivity index (χ1n) is 10.8. The minimum atomic E-state index is 0.552. The normalized spacial score (nSPS) is 11.0. The molecule has 0 aliphatic heterocycles. The lowest BCUT2D eigenvalue weighted by molar-refractivity contribution is 0.669. The maximum Gasteiger partial charge on any atom is 0.136 e. The van der Waals surface area contributed by atoms with Gasteiger partial charge in [-0.15, -0.1) is 0 Å². The number of pyridine rings is 1. The van der Waals surface area contributed by atoms with Crippen LogP contribution in [0.3, 0.4) is 0 Å². The zero-order chi connectivity index (χ0) is 22.2. The lowest BCUT2D eigenvalue weighted by Gasteiger charge is -2.06. The van der Waals surface area contributed by atoms with Gasteiger partial charge in [-0.2, -0.15) is 5.26 Å². The summed E-state index contributed by atoms with van der Waals surface area (Å²) in [5.74, 6) is 0. The fourth-order valence-electron chi connectivity index (χ4n) is 4.30. The Hall–Kier alpha value is -4.68. The molecule has 154 valence electrons. The zero-order valence-electron chi connectivity index (χ0n) is 17.7. The molecule has 0 N–H and O–H groups in total. The molecule has 3 nitrogen and oxygen atoms in total. The van der Waals surface area contributed by atoms with Gasteiger partial charge in [0.25, 0.3) is 0 Å². The van der Waals surface area contributed by atoms with Crippen LogP contribution < -0.4 is 0 Å². The molecule has 0 unspecified atom stereocenters. The fourth-order valence-corrected chi connectivity index (χ4v) is 4.30. The summed E-state index contributed by atoms with van der Waals surface area (Å²) in [7, 11) is 0. The molecule has 0 aliphatic carbocycles. The molecule has 0 atom stereocenters. The van der Waals surface area contributed by atoms with Crippen LogP contribution in [-0.4, -0.2) is 4.98 Å². The molecule has 4 aromatic carbocycles. The van der Waals surface area contributed by atoms with Gasteiger partial charge in [0.2, 0.25) is 0 Å². The van der Waals surface area contributed by atoms with Crippen molar-refractivity contribution in [1.29, 1.82) is 5.26 Å². The van der Waals surface area contributed by atoms with Gasteiger partial charge in [0.1, 0.15) is 17.2 Å². The van der Waals surface area contributed by atoms with Gasteiger partial charge in [0.05, 0.1) is 5.56 Å². The lowest BCUT2D eigenvalue weighted by Crippen LogP contribution is -1.85. The molecule has 2 heterocycles. The maximum atomic E-state index is 9.18. The number of benzene rings is 4. The van der Waals surface area contributed by atoms with Gasteiger partial charge in [0.15, 0.2) is 0 Å². The first-order chi connectivity index (χ1) is 16.3. The van der Waals surface area contributed by atoms with Crippen molar-refractivity contribution in [3.05, 3.63) is 115 Å². The number of rotatable bonds is 3. The highest BCUT2D eigenvalue weighted by Gasteiger charge is 2.11. The van der Waals surface area contributed by atoms with Gasteiger partial charge in [-0.25, -0.2) is 0 Å². The molecule has 2 aromatic heterocycles. The third kappa shape index (κ3) is 3.44. The Balaban J connectivity index is 1.42. The molecule has 0 aliphatic rings. The highest BCUT2D eigenvalue weighted by Crippen LogP contribution is 2.35. The van der Waals surface area contributed by atoms with Crippen molar-refractivity contribution in [2.24, 2.45) is 0 Å². The van der Waals surface area contributed by atoms with E-state index in [1.54, 1.807) is 12.4 Å². The summed E-state index contributed by atoms with van der Waals surface area (Å²) < 4.78 is 6.28. The number of nitrogens with zero attached hydrogens (tertiary/aromatic N) is 2. The molecule has 3 heteroatoms. The highest BCUT2D eigenvalue weighted by atomic mass is 16.3. The van der Waals surface area contributed by atoms with Crippen molar-refractivity contribution in [1.82, 2.24) is 4.98 Å². The topological polar surface area (TPSA) is 49.8 Å². The van der Waals surface area contributed by atoms with E-state index in [0.29, 0.717) is 5.56 Å². The van der Waals surface area contributed by atoms with Crippen LogP contribution in [0.4, 0.5) is 0 Å². The maximum absolute atomic E-state index is 9.18. The average Bonchev–Trinajstić information content (AvgIpc) is 3.26. The first kappa shape index (κ1) is 19.0. The van der Waals surface area contributed by atoms with Gasteiger partial charge in [-0.3, -0.25) is 4.98 Å². The summed E-state index contributed by atoms with van der Waals surface area (Å²) in [5, 5.41) is 11.4. The number of aromatic nitrogens is 1. The Kier molecular flexibility index (Phi) is 4.49. The summed E-state index contributed by atoms with van der Waals surface area (Å²) in [5.41, 5.74) is 8.73. The van der Waals surface area contributed by atoms with Crippen LogP contribution in [0.2, 0.25) is 0 Å². The third-order valence-corrected chi connectivity index (χ3v) is 5.98. The Morgan fingerprint density at radius 1 is 0.545 bits per heavy atom. The molecular formula is C30H18N2O. The van der Waals surface area contributed by atoms with E-state index in [1.165, 1.54) is 5.56 Å². The SMILES string of the molecule is N#Cc1cncc(-c2cccc(-c3ccc4c(c3)oc3cc(-c5ccccc5)ccc34)c2)c1. The van der Waals surface area contributed by atoms with Crippen LogP contribution in [0.15, 0.2) is 114 Å². The highest BCUT2D eigenvalue weighted by molar-refractivity contribution is 6.07. The van der Waals surface area contributed by atoms with Gasteiger partial charge >= 0.3 is 0 Å². The van der Waals surface area contributed by atoms with E-state index in [9.17, 15) is 5.26 Å². The molecule has 0 saturated heterocycles. The molecule has 0 radical (unpaired) electrons. The van der Waals surface area contributed by atoms with Crippen molar-refractivity contribution in [3.63, 3.8) is 0 Å². The van der Waals surface area contributed by atoms with Crippen LogP contribution in [0, 0.1) is 11.3 Å². The quantitative estimate of drug-likeness (QED) is 0.292. The summed E-state index contributed by atoms with van der Waals surface area (Å²) in [6, 6.07) is 35.4. The van der Waals surface area contributed by atoms with Crippen LogP contribution in [0.5, 0.6) is 0 Å². The smallest absolute Gasteiger partial charge is 0.136 e. The predicted octanol–water partition coefficient (Wildman–Crippen LogP) is 7.85. The van der Waals surface area contributed by atoms with Crippen molar-refractivity contribution < 1.29 is 4.42 Å². The van der Waals surface area contributed by atoms with Gasteiger partial charge in [0, 0.05) is 28.7 Å². The number of hydrogen-bond donors (Lipinski definition) is 0. The number of hydrogen-bond acceptors (Lipinski definition) is 3. The largest absolute Gasteiger partial charge is 0.456 e. The average molecular weight is 422 g/mol. The van der Waals surface area contributed by atoms with Crippen molar-refractivity contribution >= 4 is 21.9 Å². The van der Waals surface area contributed by atoms with E-state index in [1.807, 2.05) is 36.4 Å². The minimum absolute atomic E-state index is 0.552. The number of fused-ring (bicyclic) bond motifs is 3. The summed E-state index contributed by atoms with van der Waals surface area (Å²) in [4.78, 5) is 4.19. The number of nitriles is 1. The fraction of sp³-hybridized carbons (Fsp3) is 0. The molecule has 33 heavy (non-hydrogen) atoms. The van der Waals surface area contributed by atoms with Crippen molar-refractivity contribution in [2.75, 3.05) is 0 Å². The Bertz CT molecular complexity index is 1670. The predicted molar refractivity (Wildman–Crippen MR) is 133 cm³/mol. The zero-order valence-corrected chi connectivity index (χ0v) is 17.7. The number of furan rings is 1. The van der Waals surface area contributed by atoms with Gasteiger partial charge in [-0.1, -0.05) is 60.7 Å². The first-order valence-corrected chi connectivity index (χ1v) is 10.8. The van der Waals surface area contributed by atoms with E-state index < -0.39 is 0 Å².